The van der Waals surface area contributed by atoms with Gasteiger partial charge < -0.3 is 10.1 Å². The third-order valence-electron chi connectivity index (χ3n) is 4.57. The van der Waals surface area contributed by atoms with Crippen molar-refractivity contribution in [3.63, 3.8) is 0 Å². The van der Waals surface area contributed by atoms with E-state index < -0.39 is 0 Å². The first-order valence-corrected chi connectivity index (χ1v) is 7.91. The standard InChI is InChI=1S/C18H29NO/c1-6-19-17-15(8-7-11-18(17,4)5)20-16-12-13(2)9-10-14(16)3/h9-10,12,15,17,19H,6-8,11H2,1-5H3. The highest BCUT2D eigenvalue weighted by molar-refractivity contribution is 5.36. The fourth-order valence-corrected chi connectivity index (χ4v) is 3.34. The Morgan fingerprint density at radius 1 is 1.30 bits per heavy atom. The second-order valence-electron chi connectivity index (χ2n) is 6.84. The predicted octanol–water partition coefficient (Wildman–Crippen LogP) is 4.24. The van der Waals surface area contributed by atoms with Gasteiger partial charge in [0.2, 0.25) is 0 Å². The van der Waals surface area contributed by atoms with E-state index in [1.807, 2.05) is 0 Å². The summed E-state index contributed by atoms with van der Waals surface area (Å²) in [4.78, 5) is 0. The van der Waals surface area contributed by atoms with E-state index in [0.29, 0.717) is 11.5 Å². The summed E-state index contributed by atoms with van der Waals surface area (Å²) < 4.78 is 6.41. The molecular formula is C18H29NO. The molecule has 0 aromatic heterocycles. The molecule has 0 amide bonds. The van der Waals surface area contributed by atoms with Crippen molar-refractivity contribution in [3.05, 3.63) is 29.3 Å². The summed E-state index contributed by atoms with van der Waals surface area (Å²) in [5.74, 6) is 1.05. The lowest BCUT2D eigenvalue weighted by Gasteiger charge is -2.44. The van der Waals surface area contributed by atoms with Gasteiger partial charge in [-0.2, -0.15) is 0 Å². The summed E-state index contributed by atoms with van der Waals surface area (Å²) in [6.07, 6.45) is 3.95. The number of likely N-dealkylation sites (N-methyl/N-ethyl adjacent to an activating group) is 1. The molecule has 1 aromatic carbocycles. The van der Waals surface area contributed by atoms with Crippen molar-refractivity contribution in [2.75, 3.05) is 6.54 Å². The number of ether oxygens (including phenoxy) is 1. The first kappa shape index (κ1) is 15.4. The van der Waals surface area contributed by atoms with Crippen molar-refractivity contribution in [1.29, 1.82) is 0 Å². The van der Waals surface area contributed by atoms with Gasteiger partial charge in [-0.15, -0.1) is 0 Å². The van der Waals surface area contributed by atoms with Gasteiger partial charge in [-0.3, -0.25) is 0 Å². The molecule has 2 heteroatoms. The average molecular weight is 275 g/mol. The Balaban J connectivity index is 2.19. The maximum Gasteiger partial charge on any atom is 0.122 e. The van der Waals surface area contributed by atoms with Crippen molar-refractivity contribution in [1.82, 2.24) is 5.32 Å². The highest BCUT2D eigenvalue weighted by atomic mass is 16.5. The smallest absolute Gasteiger partial charge is 0.122 e. The van der Waals surface area contributed by atoms with Gasteiger partial charge in [0.15, 0.2) is 0 Å². The molecule has 20 heavy (non-hydrogen) atoms. The SMILES string of the molecule is CCNC1C(Oc2cc(C)ccc2C)CCCC1(C)C. The molecule has 1 fully saturated rings. The fraction of sp³-hybridized carbons (Fsp3) is 0.667. The highest BCUT2D eigenvalue weighted by Crippen LogP contribution is 2.38. The molecule has 2 atom stereocenters. The monoisotopic (exact) mass is 275 g/mol. The second kappa shape index (κ2) is 6.17. The molecule has 1 N–H and O–H groups in total. The molecule has 2 nitrogen and oxygen atoms in total. The Hall–Kier alpha value is -1.02. The minimum Gasteiger partial charge on any atom is -0.489 e. The van der Waals surface area contributed by atoms with Crippen LogP contribution in [0.3, 0.4) is 0 Å². The van der Waals surface area contributed by atoms with E-state index in [9.17, 15) is 0 Å². The van der Waals surface area contributed by atoms with Gasteiger partial charge in [0.25, 0.3) is 0 Å². The van der Waals surface area contributed by atoms with E-state index in [1.54, 1.807) is 0 Å². The molecule has 1 saturated carbocycles. The third kappa shape index (κ3) is 3.35. The fourth-order valence-electron chi connectivity index (χ4n) is 3.34. The van der Waals surface area contributed by atoms with Crippen LogP contribution >= 0.6 is 0 Å². The lowest BCUT2D eigenvalue weighted by atomic mass is 9.71. The maximum absolute atomic E-state index is 6.41. The molecule has 0 saturated heterocycles. The molecule has 0 aliphatic heterocycles. The van der Waals surface area contributed by atoms with Gasteiger partial charge in [0.1, 0.15) is 11.9 Å². The average Bonchev–Trinajstić information content (AvgIpc) is 2.38. The highest BCUT2D eigenvalue weighted by Gasteiger charge is 2.39. The Labute approximate surface area is 123 Å². The van der Waals surface area contributed by atoms with E-state index in [2.05, 4.69) is 58.1 Å². The van der Waals surface area contributed by atoms with Crippen LogP contribution in [-0.2, 0) is 0 Å². The molecule has 0 bridgehead atoms. The van der Waals surface area contributed by atoms with Crippen molar-refractivity contribution in [2.45, 2.75) is 66.0 Å². The maximum atomic E-state index is 6.41. The van der Waals surface area contributed by atoms with Crippen LogP contribution in [0.4, 0.5) is 0 Å². The molecular weight excluding hydrogens is 246 g/mol. The van der Waals surface area contributed by atoms with Crippen LogP contribution in [0.2, 0.25) is 0 Å². The Kier molecular flexibility index (Phi) is 4.74. The van der Waals surface area contributed by atoms with Crippen LogP contribution in [0.1, 0.15) is 51.2 Å². The molecule has 2 unspecified atom stereocenters. The summed E-state index contributed by atoms with van der Waals surface area (Å²) in [5, 5.41) is 3.65. The number of hydrogen-bond donors (Lipinski definition) is 1. The Bertz CT molecular complexity index is 453. The minimum atomic E-state index is 0.277. The zero-order chi connectivity index (χ0) is 14.8. The largest absolute Gasteiger partial charge is 0.489 e. The van der Waals surface area contributed by atoms with Gasteiger partial charge in [0.05, 0.1) is 0 Å². The zero-order valence-electron chi connectivity index (χ0n) is 13.6. The number of benzene rings is 1. The first-order chi connectivity index (χ1) is 9.44. The van der Waals surface area contributed by atoms with Gasteiger partial charge in [0, 0.05) is 6.04 Å². The summed E-state index contributed by atoms with van der Waals surface area (Å²) in [5.41, 5.74) is 2.80. The minimum absolute atomic E-state index is 0.277. The molecule has 112 valence electrons. The first-order valence-electron chi connectivity index (χ1n) is 7.91. The van der Waals surface area contributed by atoms with Crippen LogP contribution < -0.4 is 10.1 Å². The molecule has 0 spiro atoms. The number of nitrogens with one attached hydrogen (secondary N) is 1. The van der Waals surface area contributed by atoms with Crippen LogP contribution in [0, 0.1) is 19.3 Å². The van der Waals surface area contributed by atoms with Crippen LogP contribution in [0.15, 0.2) is 18.2 Å². The van der Waals surface area contributed by atoms with Crippen LogP contribution in [-0.4, -0.2) is 18.7 Å². The Morgan fingerprint density at radius 2 is 2.05 bits per heavy atom. The van der Waals surface area contributed by atoms with E-state index >= 15 is 0 Å². The molecule has 1 aliphatic carbocycles. The normalized spacial score (nSPS) is 25.4. The summed E-state index contributed by atoms with van der Waals surface area (Å²) >= 11 is 0. The lowest BCUT2D eigenvalue weighted by molar-refractivity contribution is 0.0368. The molecule has 0 radical (unpaired) electrons. The van der Waals surface area contributed by atoms with Crippen LogP contribution in [0.5, 0.6) is 5.75 Å². The van der Waals surface area contributed by atoms with Crippen LogP contribution in [0.25, 0.3) is 0 Å². The number of aryl methyl sites for hydroxylation is 2. The topological polar surface area (TPSA) is 21.3 Å². The molecule has 0 heterocycles. The second-order valence-corrected chi connectivity index (χ2v) is 6.84. The third-order valence-corrected chi connectivity index (χ3v) is 4.57. The summed E-state index contributed by atoms with van der Waals surface area (Å²) in [6, 6.07) is 6.90. The summed E-state index contributed by atoms with van der Waals surface area (Å²) in [6.45, 7) is 12.2. The molecule has 1 aliphatic rings. The van der Waals surface area contributed by atoms with Crippen molar-refractivity contribution in [3.8, 4) is 5.75 Å². The van der Waals surface area contributed by atoms with E-state index in [4.69, 9.17) is 4.74 Å². The van der Waals surface area contributed by atoms with Crippen molar-refractivity contribution >= 4 is 0 Å². The quantitative estimate of drug-likeness (QED) is 0.887. The Morgan fingerprint density at radius 3 is 2.75 bits per heavy atom. The van der Waals surface area contributed by atoms with Crippen molar-refractivity contribution in [2.24, 2.45) is 5.41 Å². The number of hydrogen-bond acceptors (Lipinski definition) is 2. The van der Waals surface area contributed by atoms with E-state index in [1.165, 1.54) is 24.0 Å². The van der Waals surface area contributed by atoms with Gasteiger partial charge in [-0.25, -0.2) is 0 Å². The lowest BCUT2D eigenvalue weighted by Crippen LogP contribution is -2.54. The van der Waals surface area contributed by atoms with Gasteiger partial charge in [-0.05, 0) is 62.3 Å². The zero-order valence-corrected chi connectivity index (χ0v) is 13.6. The van der Waals surface area contributed by atoms with E-state index in [-0.39, 0.29) is 6.10 Å². The van der Waals surface area contributed by atoms with Gasteiger partial charge >= 0.3 is 0 Å². The predicted molar refractivity (Wildman–Crippen MR) is 85.4 cm³/mol. The number of rotatable bonds is 4. The molecule has 1 aromatic rings. The summed E-state index contributed by atoms with van der Waals surface area (Å²) in [7, 11) is 0. The van der Waals surface area contributed by atoms with Crippen molar-refractivity contribution < 1.29 is 4.74 Å². The van der Waals surface area contributed by atoms with E-state index in [0.717, 1.165) is 18.7 Å². The molecule has 2 rings (SSSR count). The van der Waals surface area contributed by atoms with Gasteiger partial charge in [-0.1, -0.05) is 32.9 Å².